The van der Waals surface area contributed by atoms with Crippen LogP contribution < -0.4 is 10.6 Å². The second kappa shape index (κ2) is 10.2. The summed E-state index contributed by atoms with van der Waals surface area (Å²) in [6, 6.07) is 0.800. The molecule has 0 aromatic rings. The van der Waals surface area contributed by atoms with Gasteiger partial charge < -0.3 is 15.4 Å². The molecule has 142 valence electrons. The molecule has 0 bridgehead atoms. The first-order valence-electron chi connectivity index (χ1n) is 8.79. The molecule has 0 aromatic carbocycles. The highest BCUT2D eigenvalue weighted by Gasteiger charge is 2.23. The number of ether oxygens (including phenoxy) is 1. The highest BCUT2D eigenvalue weighted by atomic mass is 32.2. The Morgan fingerprint density at radius 2 is 2.12 bits per heavy atom. The van der Waals surface area contributed by atoms with E-state index >= 15 is 0 Å². The number of sulfone groups is 1. The lowest BCUT2D eigenvalue weighted by molar-refractivity contribution is -0.0165. The van der Waals surface area contributed by atoms with Crippen LogP contribution in [0.1, 0.15) is 34.1 Å². The van der Waals surface area contributed by atoms with Crippen LogP contribution in [0.25, 0.3) is 0 Å². The van der Waals surface area contributed by atoms with E-state index in [-0.39, 0.29) is 11.8 Å². The van der Waals surface area contributed by atoms with Crippen LogP contribution in [0.2, 0.25) is 0 Å². The van der Waals surface area contributed by atoms with E-state index in [4.69, 9.17) is 4.74 Å². The predicted molar refractivity (Wildman–Crippen MR) is 99.4 cm³/mol. The zero-order valence-corrected chi connectivity index (χ0v) is 16.5. The lowest BCUT2D eigenvalue weighted by Gasteiger charge is -2.37. The number of aliphatic imine (C=N–C) groups is 1. The molecule has 24 heavy (non-hydrogen) atoms. The van der Waals surface area contributed by atoms with Gasteiger partial charge in [-0.2, -0.15) is 0 Å². The van der Waals surface area contributed by atoms with E-state index in [1.54, 1.807) is 0 Å². The van der Waals surface area contributed by atoms with Crippen LogP contribution >= 0.6 is 0 Å². The molecule has 8 heteroatoms. The van der Waals surface area contributed by atoms with E-state index in [0.717, 1.165) is 32.3 Å². The number of rotatable bonds is 8. The number of hydrogen-bond acceptors (Lipinski definition) is 5. The van der Waals surface area contributed by atoms with Crippen molar-refractivity contribution in [2.24, 2.45) is 4.99 Å². The summed E-state index contributed by atoms with van der Waals surface area (Å²) in [6.45, 7) is 12.3. The Balaban J connectivity index is 2.54. The van der Waals surface area contributed by atoms with E-state index in [2.05, 4.69) is 34.4 Å². The Morgan fingerprint density at radius 3 is 2.71 bits per heavy atom. The molecule has 0 amide bonds. The molecule has 0 radical (unpaired) electrons. The molecule has 0 saturated carbocycles. The van der Waals surface area contributed by atoms with Gasteiger partial charge in [0.25, 0.3) is 0 Å². The molecule has 1 aliphatic heterocycles. The fourth-order valence-corrected chi connectivity index (χ4v) is 3.52. The highest BCUT2D eigenvalue weighted by Crippen LogP contribution is 2.10. The summed E-state index contributed by atoms with van der Waals surface area (Å²) in [4.78, 5) is 7.09. The standard InChI is InChI=1S/C16H34N4O3S/c1-6-17-16(19-13(2)7-10-24(5,21)22)18-11-14(3)20-8-9-23-12-15(20)4/h13-15H,6-12H2,1-5H3,(H2,17,18,19). The molecule has 1 fully saturated rings. The quantitative estimate of drug-likeness (QED) is 0.483. The van der Waals surface area contributed by atoms with Crippen LogP contribution in [-0.4, -0.2) is 82.3 Å². The molecule has 0 spiro atoms. The Morgan fingerprint density at radius 1 is 1.42 bits per heavy atom. The lowest BCUT2D eigenvalue weighted by Crippen LogP contribution is -2.50. The molecule has 1 rings (SSSR count). The first-order valence-corrected chi connectivity index (χ1v) is 10.8. The molecule has 0 aromatic heterocycles. The molecular weight excluding hydrogens is 328 g/mol. The molecular formula is C16H34N4O3S. The van der Waals surface area contributed by atoms with Crippen LogP contribution in [-0.2, 0) is 14.6 Å². The highest BCUT2D eigenvalue weighted by molar-refractivity contribution is 7.90. The minimum atomic E-state index is -2.93. The van der Waals surface area contributed by atoms with Gasteiger partial charge in [0.2, 0.25) is 0 Å². The molecule has 3 unspecified atom stereocenters. The van der Waals surface area contributed by atoms with Crippen molar-refractivity contribution in [1.82, 2.24) is 15.5 Å². The largest absolute Gasteiger partial charge is 0.379 e. The third kappa shape index (κ3) is 8.30. The van der Waals surface area contributed by atoms with E-state index in [9.17, 15) is 8.42 Å². The van der Waals surface area contributed by atoms with E-state index in [1.165, 1.54) is 6.26 Å². The number of morpholine rings is 1. The summed E-state index contributed by atoms with van der Waals surface area (Å²) in [5.74, 6) is 0.925. The van der Waals surface area contributed by atoms with Gasteiger partial charge in [0.1, 0.15) is 9.84 Å². The fraction of sp³-hybridized carbons (Fsp3) is 0.938. The molecule has 0 aliphatic carbocycles. The Bertz CT molecular complexity index is 496. The Labute approximate surface area is 147 Å². The van der Waals surface area contributed by atoms with Gasteiger partial charge in [-0.15, -0.1) is 0 Å². The van der Waals surface area contributed by atoms with Gasteiger partial charge in [-0.25, -0.2) is 8.42 Å². The van der Waals surface area contributed by atoms with Crippen molar-refractivity contribution in [2.45, 2.75) is 52.2 Å². The number of hydrogen-bond donors (Lipinski definition) is 2. The number of nitrogens with one attached hydrogen (secondary N) is 2. The molecule has 2 N–H and O–H groups in total. The van der Waals surface area contributed by atoms with Gasteiger partial charge in [0, 0.05) is 37.5 Å². The number of guanidine groups is 1. The van der Waals surface area contributed by atoms with Crippen molar-refractivity contribution in [1.29, 1.82) is 0 Å². The monoisotopic (exact) mass is 362 g/mol. The normalized spacial score (nSPS) is 22.9. The summed E-state index contributed by atoms with van der Waals surface area (Å²) in [6.07, 6.45) is 1.84. The van der Waals surface area contributed by atoms with Crippen LogP contribution in [0, 0.1) is 0 Å². The second-order valence-corrected chi connectivity index (χ2v) is 8.95. The summed E-state index contributed by atoms with van der Waals surface area (Å²) < 4.78 is 28.0. The molecule has 1 heterocycles. The maximum absolute atomic E-state index is 11.3. The van der Waals surface area contributed by atoms with Crippen LogP contribution in [0.4, 0.5) is 0 Å². The SMILES string of the molecule is CCNC(=NCC(C)N1CCOCC1C)NC(C)CCS(C)(=O)=O. The average molecular weight is 363 g/mol. The van der Waals surface area contributed by atoms with Crippen molar-refractivity contribution in [3.63, 3.8) is 0 Å². The van der Waals surface area contributed by atoms with Crippen LogP contribution in [0.15, 0.2) is 4.99 Å². The summed E-state index contributed by atoms with van der Waals surface area (Å²) in [5.41, 5.74) is 0. The van der Waals surface area contributed by atoms with Crippen LogP contribution in [0.5, 0.6) is 0 Å². The Kier molecular flexibility index (Phi) is 9.01. The first kappa shape index (κ1) is 21.2. The van der Waals surface area contributed by atoms with Crippen molar-refractivity contribution in [3.8, 4) is 0 Å². The maximum atomic E-state index is 11.3. The minimum Gasteiger partial charge on any atom is -0.379 e. The fourth-order valence-electron chi connectivity index (χ4n) is 2.74. The topological polar surface area (TPSA) is 83.0 Å². The lowest BCUT2D eigenvalue weighted by atomic mass is 10.2. The van der Waals surface area contributed by atoms with E-state index < -0.39 is 9.84 Å². The zero-order chi connectivity index (χ0) is 18.2. The molecule has 1 aliphatic rings. The van der Waals surface area contributed by atoms with Gasteiger partial charge in [-0.3, -0.25) is 9.89 Å². The van der Waals surface area contributed by atoms with Crippen molar-refractivity contribution in [3.05, 3.63) is 0 Å². The maximum Gasteiger partial charge on any atom is 0.191 e. The second-order valence-electron chi connectivity index (χ2n) is 6.69. The third-order valence-corrected chi connectivity index (χ3v) is 5.13. The van der Waals surface area contributed by atoms with Crippen molar-refractivity contribution >= 4 is 15.8 Å². The molecule has 1 saturated heterocycles. The summed E-state index contributed by atoms with van der Waals surface area (Å²) in [5, 5.41) is 6.52. The van der Waals surface area contributed by atoms with Gasteiger partial charge in [-0.1, -0.05) is 0 Å². The molecule has 3 atom stereocenters. The minimum absolute atomic E-state index is 0.0511. The smallest absolute Gasteiger partial charge is 0.191 e. The van der Waals surface area contributed by atoms with Gasteiger partial charge in [0.15, 0.2) is 5.96 Å². The van der Waals surface area contributed by atoms with Gasteiger partial charge >= 0.3 is 0 Å². The van der Waals surface area contributed by atoms with E-state index in [1.807, 2.05) is 13.8 Å². The molecule has 7 nitrogen and oxygen atoms in total. The zero-order valence-electron chi connectivity index (χ0n) is 15.7. The number of nitrogens with zero attached hydrogens (tertiary/aromatic N) is 2. The van der Waals surface area contributed by atoms with Gasteiger partial charge in [-0.05, 0) is 34.1 Å². The Hall–Kier alpha value is -0.860. The van der Waals surface area contributed by atoms with Crippen LogP contribution in [0.3, 0.4) is 0 Å². The first-order chi connectivity index (χ1) is 11.2. The van der Waals surface area contributed by atoms with E-state index in [0.29, 0.717) is 25.0 Å². The third-order valence-electron chi connectivity index (χ3n) is 4.15. The summed E-state index contributed by atoms with van der Waals surface area (Å²) in [7, 11) is -2.93. The average Bonchev–Trinajstić information content (AvgIpc) is 2.50. The van der Waals surface area contributed by atoms with Crippen molar-refractivity contribution in [2.75, 3.05) is 44.9 Å². The predicted octanol–water partition coefficient (Wildman–Crippen LogP) is 0.474. The summed E-state index contributed by atoms with van der Waals surface area (Å²) >= 11 is 0. The van der Waals surface area contributed by atoms with Gasteiger partial charge in [0.05, 0.1) is 25.5 Å². The van der Waals surface area contributed by atoms with Crippen molar-refractivity contribution < 1.29 is 13.2 Å².